The van der Waals surface area contributed by atoms with Gasteiger partial charge in [-0.25, -0.2) is 0 Å². The fourth-order valence-electron chi connectivity index (χ4n) is 1.08. The minimum absolute atomic E-state index is 0.204. The molecule has 1 atom stereocenters. The van der Waals surface area contributed by atoms with Gasteiger partial charge in [-0.05, 0) is 12.5 Å². The average Bonchev–Trinajstić information content (AvgIpc) is 2.14. The fourth-order valence-corrected chi connectivity index (χ4v) is 1.08. The van der Waals surface area contributed by atoms with Crippen molar-refractivity contribution in [2.75, 3.05) is 0 Å². The molecule has 0 aliphatic carbocycles. The van der Waals surface area contributed by atoms with Crippen LogP contribution in [0.4, 0.5) is 0 Å². The van der Waals surface area contributed by atoms with E-state index in [1.165, 1.54) is 6.92 Å². The molecule has 0 aromatic heterocycles. The van der Waals surface area contributed by atoms with E-state index in [2.05, 4.69) is 0 Å². The van der Waals surface area contributed by atoms with E-state index in [0.717, 1.165) is 5.56 Å². The number of ether oxygens (including phenoxy) is 1. The van der Waals surface area contributed by atoms with Gasteiger partial charge in [-0.1, -0.05) is 30.3 Å². The second kappa shape index (κ2) is 4.98. The molecule has 0 fully saturated rings. The quantitative estimate of drug-likeness (QED) is 0.587. The molecule has 1 rings (SSSR count). The Morgan fingerprint density at radius 3 is 2.60 bits per heavy atom. The first-order valence-corrected chi connectivity index (χ1v) is 4.68. The Morgan fingerprint density at radius 1 is 1.47 bits per heavy atom. The number of esters is 1. The molecule has 0 aliphatic heterocycles. The molecular formula is C11H13BO3. The molecule has 0 spiro atoms. The van der Waals surface area contributed by atoms with Crippen LogP contribution in [0.3, 0.4) is 0 Å². The summed E-state index contributed by atoms with van der Waals surface area (Å²) in [6, 6.07) is 9.32. The Labute approximate surface area is 90.5 Å². The van der Waals surface area contributed by atoms with Gasteiger partial charge in [0, 0.05) is 5.50 Å². The average molecular weight is 204 g/mol. The van der Waals surface area contributed by atoms with Gasteiger partial charge < -0.3 is 9.84 Å². The highest BCUT2D eigenvalue weighted by Gasteiger charge is 2.18. The molecule has 78 valence electrons. The van der Waals surface area contributed by atoms with E-state index in [1.807, 2.05) is 30.3 Å². The van der Waals surface area contributed by atoms with Crippen molar-refractivity contribution in [3.05, 3.63) is 35.9 Å². The molecule has 0 unspecified atom stereocenters. The molecule has 1 aromatic rings. The number of hydrogen-bond donors (Lipinski definition) is 1. The van der Waals surface area contributed by atoms with Crippen molar-refractivity contribution in [2.24, 2.45) is 0 Å². The van der Waals surface area contributed by atoms with Crippen LogP contribution in [0.5, 0.6) is 0 Å². The molecule has 0 aliphatic rings. The molecule has 0 saturated carbocycles. The molecule has 15 heavy (non-hydrogen) atoms. The van der Waals surface area contributed by atoms with Gasteiger partial charge >= 0.3 is 5.97 Å². The topological polar surface area (TPSA) is 46.5 Å². The summed E-state index contributed by atoms with van der Waals surface area (Å²) in [6.45, 7) is 1.56. The van der Waals surface area contributed by atoms with Crippen LogP contribution in [0.15, 0.2) is 30.3 Å². The molecule has 1 aromatic carbocycles. The van der Waals surface area contributed by atoms with Crippen LogP contribution in [0.2, 0.25) is 0 Å². The first-order chi connectivity index (χ1) is 6.97. The van der Waals surface area contributed by atoms with Gasteiger partial charge in [0.1, 0.15) is 14.5 Å². The summed E-state index contributed by atoms with van der Waals surface area (Å²) in [7, 11) is 5.26. The zero-order valence-corrected chi connectivity index (χ0v) is 8.64. The van der Waals surface area contributed by atoms with E-state index < -0.39 is 11.5 Å². The van der Waals surface area contributed by atoms with Crippen molar-refractivity contribution < 1.29 is 14.6 Å². The van der Waals surface area contributed by atoms with Crippen LogP contribution >= 0.6 is 0 Å². The largest absolute Gasteiger partial charge is 0.461 e. The molecular weight excluding hydrogens is 191 g/mol. The molecule has 0 bridgehead atoms. The van der Waals surface area contributed by atoms with Gasteiger partial charge in [-0.3, -0.25) is 4.79 Å². The predicted octanol–water partition coefficient (Wildman–Crippen LogP) is 0.997. The van der Waals surface area contributed by atoms with Crippen LogP contribution in [-0.4, -0.2) is 24.4 Å². The Kier molecular flexibility index (Phi) is 3.92. The summed E-state index contributed by atoms with van der Waals surface area (Å²) >= 11 is 0. The van der Waals surface area contributed by atoms with Crippen molar-refractivity contribution in [1.29, 1.82) is 0 Å². The molecule has 4 heteroatoms. The predicted molar refractivity (Wildman–Crippen MR) is 57.2 cm³/mol. The third kappa shape index (κ3) is 5.22. The van der Waals surface area contributed by atoms with Crippen LogP contribution in [0, 0.1) is 0 Å². The van der Waals surface area contributed by atoms with Crippen molar-refractivity contribution in [3.8, 4) is 0 Å². The normalized spacial score (nSPS) is 14.3. The molecule has 2 radical (unpaired) electrons. The maximum atomic E-state index is 11.2. The first kappa shape index (κ1) is 11.8. The number of aliphatic hydroxyl groups is 1. The summed E-state index contributed by atoms with van der Waals surface area (Å²) < 4.78 is 4.93. The standard InChI is InChI=1S/C11H13BO3/c1-11(12,14)7-10(13)15-8-9-5-3-2-4-6-9/h2-6,14H,7-8H2,1H3/t11-/m1/s1. The van der Waals surface area contributed by atoms with E-state index in [4.69, 9.17) is 17.7 Å². The molecule has 1 N–H and O–H groups in total. The lowest BCUT2D eigenvalue weighted by Gasteiger charge is -2.16. The second-order valence-electron chi connectivity index (χ2n) is 3.68. The SMILES string of the molecule is [B][C@](C)(O)CC(=O)OCc1ccccc1. The summed E-state index contributed by atoms with van der Waals surface area (Å²) in [5.74, 6) is -0.508. The zero-order valence-electron chi connectivity index (χ0n) is 8.64. The van der Waals surface area contributed by atoms with Crippen LogP contribution in [0.25, 0.3) is 0 Å². The van der Waals surface area contributed by atoms with Crippen molar-refractivity contribution in [1.82, 2.24) is 0 Å². The Morgan fingerprint density at radius 2 is 2.07 bits per heavy atom. The van der Waals surface area contributed by atoms with E-state index >= 15 is 0 Å². The summed E-state index contributed by atoms with van der Waals surface area (Å²) in [5, 5.41) is 9.16. The third-order valence-corrected chi connectivity index (χ3v) is 1.74. The number of benzene rings is 1. The van der Waals surface area contributed by atoms with Crippen LogP contribution < -0.4 is 0 Å². The Balaban J connectivity index is 2.35. The van der Waals surface area contributed by atoms with Gasteiger partial charge in [-0.2, -0.15) is 0 Å². The molecule has 3 nitrogen and oxygen atoms in total. The van der Waals surface area contributed by atoms with Crippen molar-refractivity contribution in [3.63, 3.8) is 0 Å². The lowest BCUT2D eigenvalue weighted by molar-refractivity contribution is -0.147. The Bertz CT molecular complexity index is 316. The number of carbonyl (C=O) groups excluding carboxylic acids is 1. The van der Waals surface area contributed by atoms with Gasteiger partial charge in [0.15, 0.2) is 0 Å². The highest BCUT2D eigenvalue weighted by Crippen LogP contribution is 2.07. The lowest BCUT2D eigenvalue weighted by Crippen LogP contribution is -2.28. The van der Waals surface area contributed by atoms with E-state index in [0.29, 0.717) is 0 Å². The number of hydrogen-bond acceptors (Lipinski definition) is 3. The van der Waals surface area contributed by atoms with Crippen molar-refractivity contribution in [2.45, 2.75) is 25.5 Å². The summed E-state index contributed by atoms with van der Waals surface area (Å²) in [6.07, 6.45) is -0.208. The smallest absolute Gasteiger partial charge is 0.308 e. The third-order valence-electron chi connectivity index (χ3n) is 1.74. The monoisotopic (exact) mass is 204 g/mol. The van der Waals surface area contributed by atoms with Gasteiger partial charge in [-0.15, -0.1) is 0 Å². The summed E-state index contributed by atoms with van der Waals surface area (Å²) in [5.41, 5.74) is -0.601. The van der Waals surface area contributed by atoms with E-state index in [1.54, 1.807) is 0 Å². The van der Waals surface area contributed by atoms with E-state index in [9.17, 15) is 4.79 Å². The zero-order chi connectivity index (χ0) is 11.3. The fraction of sp³-hybridized carbons (Fsp3) is 0.364. The highest BCUT2D eigenvalue weighted by atomic mass is 16.5. The second-order valence-corrected chi connectivity index (χ2v) is 3.68. The van der Waals surface area contributed by atoms with Gasteiger partial charge in [0.25, 0.3) is 0 Å². The minimum atomic E-state index is -1.51. The van der Waals surface area contributed by atoms with Crippen LogP contribution in [0.1, 0.15) is 18.9 Å². The van der Waals surface area contributed by atoms with Gasteiger partial charge in [0.2, 0.25) is 0 Å². The lowest BCUT2D eigenvalue weighted by atomic mass is 9.81. The number of rotatable bonds is 4. The maximum Gasteiger partial charge on any atom is 0.308 e. The van der Waals surface area contributed by atoms with Crippen molar-refractivity contribution >= 4 is 13.8 Å². The highest BCUT2D eigenvalue weighted by molar-refractivity contribution is 6.15. The van der Waals surface area contributed by atoms with Gasteiger partial charge in [0.05, 0.1) is 6.42 Å². The molecule has 0 heterocycles. The van der Waals surface area contributed by atoms with E-state index in [-0.39, 0.29) is 13.0 Å². The molecule has 0 amide bonds. The maximum absolute atomic E-state index is 11.2. The number of carbonyl (C=O) groups is 1. The summed E-state index contributed by atoms with van der Waals surface area (Å²) in [4.78, 5) is 11.2. The molecule has 0 saturated heterocycles. The Hall–Kier alpha value is -1.29. The first-order valence-electron chi connectivity index (χ1n) is 4.68. The minimum Gasteiger partial charge on any atom is -0.461 e. The van der Waals surface area contributed by atoms with Crippen LogP contribution in [-0.2, 0) is 16.1 Å².